The van der Waals surface area contributed by atoms with E-state index in [1.54, 1.807) is 6.92 Å². The number of carbonyl (C=O) groups is 1. The zero-order chi connectivity index (χ0) is 6.57. The lowest BCUT2D eigenvalue weighted by Crippen LogP contribution is -2.08. The van der Waals surface area contributed by atoms with Crippen molar-refractivity contribution in [3.63, 3.8) is 0 Å². The molecule has 0 aromatic rings. The molecule has 0 saturated carbocycles. The summed E-state index contributed by atoms with van der Waals surface area (Å²) in [5, 5.41) is -0.282. The first-order valence-corrected chi connectivity index (χ1v) is 2.97. The van der Waals surface area contributed by atoms with Crippen LogP contribution in [-0.4, -0.2) is 18.3 Å². The van der Waals surface area contributed by atoms with Crippen molar-refractivity contribution in [3.8, 4) is 0 Å². The Kier molecular flexibility index (Phi) is 3.60. The molecule has 0 radical (unpaired) electrons. The van der Waals surface area contributed by atoms with E-state index in [0.29, 0.717) is 0 Å². The minimum absolute atomic E-state index is 0.282. The number of halogens is 1. The van der Waals surface area contributed by atoms with Gasteiger partial charge >= 0.3 is 6.16 Å². The number of rotatable bonds is 1. The van der Waals surface area contributed by atoms with Gasteiger partial charge in [-0.3, -0.25) is 0 Å². The molecule has 8 heavy (non-hydrogen) atoms. The van der Waals surface area contributed by atoms with Crippen molar-refractivity contribution in [1.29, 1.82) is 0 Å². The van der Waals surface area contributed by atoms with Gasteiger partial charge in [0.05, 0.1) is 7.11 Å². The number of ether oxygens (including phenoxy) is 2. The molecule has 48 valence electrons. The normalized spacial score (nSPS) is 12.4. The largest absolute Gasteiger partial charge is 0.509 e. The monoisotopic (exact) mass is 182 g/mol. The highest BCUT2D eigenvalue weighted by atomic mass is 79.9. The van der Waals surface area contributed by atoms with Gasteiger partial charge in [0.25, 0.3) is 0 Å². The summed E-state index contributed by atoms with van der Waals surface area (Å²) in [7, 11) is 1.26. The van der Waals surface area contributed by atoms with Gasteiger partial charge in [0, 0.05) is 0 Å². The Bertz CT molecular complexity index is 81.4. The lowest BCUT2D eigenvalue weighted by molar-refractivity contribution is 0.0701. The van der Waals surface area contributed by atoms with Gasteiger partial charge in [-0.25, -0.2) is 4.79 Å². The van der Waals surface area contributed by atoms with Crippen LogP contribution in [0.5, 0.6) is 0 Å². The number of methoxy groups -OCH3 is 1. The van der Waals surface area contributed by atoms with Crippen LogP contribution >= 0.6 is 15.9 Å². The topological polar surface area (TPSA) is 35.5 Å². The standard InChI is InChI=1S/C4H7BrO3/c1-3(5)8-4(6)7-2/h3H,1-2H3. The zero-order valence-corrected chi connectivity index (χ0v) is 6.27. The van der Waals surface area contributed by atoms with Gasteiger partial charge in [-0.15, -0.1) is 0 Å². The summed E-state index contributed by atoms with van der Waals surface area (Å²) in [5.74, 6) is 0. The second-order valence-corrected chi connectivity index (χ2v) is 2.40. The van der Waals surface area contributed by atoms with E-state index in [-0.39, 0.29) is 5.01 Å². The van der Waals surface area contributed by atoms with E-state index in [4.69, 9.17) is 0 Å². The summed E-state index contributed by atoms with van der Waals surface area (Å²) in [6, 6.07) is 0. The quantitative estimate of drug-likeness (QED) is 0.456. The molecule has 0 aromatic heterocycles. The van der Waals surface area contributed by atoms with Gasteiger partial charge in [-0.05, 0) is 22.9 Å². The molecular weight excluding hydrogens is 176 g/mol. The van der Waals surface area contributed by atoms with Gasteiger partial charge in [0.15, 0.2) is 5.01 Å². The number of carbonyl (C=O) groups excluding carboxylic acids is 1. The minimum atomic E-state index is -0.672. The van der Waals surface area contributed by atoms with Crippen molar-refractivity contribution in [1.82, 2.24) is 0 Å². The lowest BCUT2D eigenvalue weighted by atomic mass is 10.9. The van der Waals surface area contributed by atoms with E-state index in [1.165, 1.54) is 7.11 Å². The van der Waals surface area contributed by atoms with Crippen molar-refractivity contribution in [2.24, 2.45) is 0 Å². The third kappa shape index (κ3) is 3.92. The van der Waals surface area contributed by atoms with Crippen LogP contribution in [0.3, 0.4) is 0 Å². The molecule has 0 fully saturated rings. The first kappa shape index (κ1) is 7.75. The third-order valence-electron chi connectivity index (χ3n) is 0.425. The molecule has 0 heterocycles. The van der Waals surface area contributed by atoms with Gasteiger partial charge in [0.2, 0.25) is 0 Å². The molecule has 0 rings (SSSR count). The van der Waals surface area contributed by atoms with Crippen molar-refractivity contribution < 1.29 is 14.3 Å². The van der Waals surface area contributed by atoms with Gasteiger partial charge in [-0.1, -0.05) is 0 Å². The van der Waals surface area contributed by atoms with E-state index in [1.807, 2.05) is 0 Å². The fraction of sp³-hybridized carbons (Fsp3) is 0.750. The van der Waals surface area contributed by atoms with E-state index >= 15 is 0 Å². The van der Waals surface area contributed by atoms with E-state index in [0.717, 1.165) is 0 Å². The smallest absolute Gasteiger partial charge is 0.438 e. The van der Waals surface area contributed by atoms with Gasteiger partial charge in [0.1, 0.15) is 0 Å². The van der Waals surface area contributed by atoms with Crippen LogP contribution in [0.1, 0.15) is 6.92 Å². The molecule has 3 nitrogen and oxygen atoms in total. The Hall–Kier alpha value is -0.250. The molecule has 0 aliphatic carbocycles. The predicted octanol–water partition coefficient (Wildman–Crippen LogP) is 1.51. The molecule has 0 amide bonds. The molecular formula is C4H7BrO3. The van der Waals surface area contributed by atoms with Crippen LogP contribution in [0.2, 0.25) is 0 Å². The molecule has 0 saturated heterocycles. The maximum Gasteiger partial charge on any atom is 0.509 e. The first-order chi connectivity index (χ1) is 3.66. The van der Waals surface area contributed by atoms with Crippen molar-refractivity contribution in [2.75, 3.05) is 7.11 Å². The van der Waals surface area contributed by atoms with Crippen LogP contribution in [0.25, 0.3) is 0 Å². The van der Waals surface area contributed by atoms with E-state index in [9.17, 15) is 4.79 Å². The van der Waals surface area contributed by atoms with Crippen molar-refractivity contribution in [2.45, 2.75) is 11.9 Å². The first-order valence-electron chi connectivity index (χ1n) is 2.05. The van der Waals surface area contributed by atoms with Crippen molar-refractivity contribution >= 4 is 22.1 Å². The second kappa shape index (κ2) is 3.72. The van der Waals surface area contributed by atoms with Crippen LogP contribution < -0.4 is 0 Å². The van der Waals surface area contributed by atoms with Crippen molar-refractivity contribution in [3.05, 3.63) is 0 Å². The highest BCUT2D eigenvalue weighted by Crippen LogP contribution is 1.99. The molecule has 1 unspecified atom stereocenters. The highest BCUT2D eigenvalue weighted by Gasteiger charge is 2.02. The summed E-state index contributed by atoms with van der Waals surface area (Å²) >= 11 is 2.99. The Balaban J connectivity index is 3.25. The van der Waals surface area contributed by atoms with Gasteiger partial charge < -0.3 is 9.47 Å². The third-order valence-corrected chi connectivity index (χ3v) is 0.612. The molecule has 0 bridgehead atoms. The zero-order valence-electron chi connectivity index (χ0n) is 4.68. The summed E-state index contributed by atoms with van der Waals surface area (Å²) in [6.07, 6.45) is -0.672. The Morgan fingerprint density at radius 1 is 1.75 bits per heavy atom. The number of hydrogen-bond donors (Lipinski definition) is 0. The van der Waals surface area contributed by atoms with Gasteiger partial charge in [-0.2, -0.15) is 0 Å². The van der Waals surface area contributed by atoms with Crippen LogP contribution in [-0.2, 0) is 9.47 Å². The summed E-state index contributed by atoms with van der Waals surface area (Å²) in [4.78, 5) is 10.1. The van der Waals surface area contributed by atoms with Crippen LogP contribution in [0, 0.1) is 0 Å². The molecule has 0 aliphatic rings. The molecule has 0 aromatic carbocycles. The van der Waals surface area contributed by atoms with Crippen LogP contribution in [0.4, 0.5) is 4.79 Å². The van der Waals surface area contributed by atoms with E-state index < -0.39 is 6.16 Å². The molecule has 0 spiro atoms. The Morgan fingerprint density at radius 3 is 2.38 bits per heavy atom. The fourth-order valence-corrected chi connectivity index (χ4v) is 0.333. The average Bonchev–Trinajstić information content (AvgIpc) is 1.65. The number of hydrogen-bond acceptors (Lipinski definition) is 3. The number of alkyl halides is 1. The summed E-state index contributed by atoms with van der Waals surface area (Å²) in [5.41, 5.74) is 0. The Labute approximate surface area is 56.1 Å². The SMILES string of the molecule is COC(=O)OC(C)Br. The summed E-state index contributed by atoms with van der Waals surface area (Å²) < 4.78 is 8.62. The molecule has 0 N–H and O–H groups in total. The Morgan fingerprint density at radius 2 is 2.25 bits per heavy atom. The fourth-order valence-electron chi connectivity index (χ4n) is 0.181. The maximum absolute atomic E-state index is 10.1. The van der Waals surface area contributed by atoms with E-state index in [2.05, 4.69) is 25.4 Å². The highest BCUT2D eigenvalue weighted by molar-refractivity contribution is 9.09. The second-order valence-electron chi connectivity index (χ2n) is 1.11. The minimum Gasteiger partial charge on any atom is -0.438 e. The predicted molar refractivity (Wildman–Crippen MR) is 31.9 cm³/mol. The average molecular weight is 183 g/mol. The molecule has 1 atom stereocenters. The maximum atomic E-state index is 10.1. The summed E-state index contributed by atoms with van der Waals surface area (Å²) in [6.45, 7) is 1.68. The van der Waals surface area contributed by atoms with Crippen LogP contribution in [0.15, 0.2) is 0 Å². The molecule has 0 aliphatic heterocycles. The lowest BCUT2D eigenvalue weighted by Gasteiger charge is -2.02. The molecule has 4 heteroatoms.